The van der Waals surface area contributed by atoms with Crippen molar-refractivity contribution >= 4 is 49.3 Å². The van der Waals surface area contributed by atoms with Gasteiger partial charge in [0.15, 0.2) is 0 Å². The fraction of sp³-hybridized carbons (Fsp3) is 0.214. The number of rotatable bonds is 6. The molecule has 0 saturated heterocycles. The fourth-order valence-corrected chi connectivity index (χ4v) is 7.31. The summed E-state index contributed by atoms with van der Waals surface area (Å²) in [5.41, 5.74) is 6.98. The van der Waals surface area contributed by atoms with E-state index in [4.69, 9.17) is 4.74 Å². The summed E-state index contributed by atoms with van der Waals surface area (Å²) in [5.74, 6) is 0.840. The number of para-hydroxylation sites is 1. The largest absolute Gasteiger partial charge is 0.497 e. The van der Waals surface area contributed by atoms with Crippen LogP contribution < -0.4 is 4.74 Å². The molecule has 7 nitrogen and oxygen atoms in total. The molecule has 0 N–H and O–H groups in total. The Morgan fingerprint density at radius 2 is 1.81 bits per heavy atom. The Morgan fingerprint density at radius 1 is 1.00 bits per heavy atom. The molecule has 9 heteroatoms. The molecule has 0 aliphatic carbocycles. The Bertz CT molecular complexity index is 1750. The van der Waals surface area contributed by atoms with E-state index < -0.39 is 10.0 Å². The highest BCUT2D eigenvalue weighted by atomic mass is 32.2. The molecule has 188 valence electrons. The molecular formula is C28H26N4O3S2. The maximum absolute atomic E-state index is 13.5. The van der Waals surface area contributed by atoms with Crippen LogP contribution in [0, 0.1) is 6.92 Å². The van der Waals surface area contributed by atoms with Gasteiger partial charge in [-0.15, -0.1) is 0 Å². The molecule has 37 heavy (non-hydrogen) atoms. The van der Waals surface area contributed by atoms with E-state index in [0.29, 0.717) is 30.5 Å². The number of hydrogen-bond acceptors (Lipinski definition) is 6. The lowest BCUT2D eigenvalue weighted by molar-refractivity contribution is 0.414. The minimum atomic E-state index is -3.68. The van der Waals surface area contributed by atoms with Gasteiger partial charge in [-0.05, 0) is 54.8 Å². The third kappa shape index (κ3) is 4.13. The number of methoxy groups -OCH3 is 1. The van der Waals surface area contributed by atoms with Crippen LogP contribution in [0.3, 0.4) is 0 Å². The van der Waals surface area contributed by atoms with Gasteiger partial charge in [-0.1, -0.05) is 42.5 Å². The van der Waals surface area contributed by atoms with Gasteiger partial charge in [0.1, 0.15) is 21.7 Å². The number of hydrogen-bond donors (Lipinski definition) is 0. The molecule has 0 atom stereocenters. The summed E-state index contributed by atoms with van der Waals surface area (Å²) in [6, 6.07) is 21.7. The van der Waals surface area contributed by atoms with Crippen LogP contribution in [0.15, 0.2) is 77.7 Å². The van der Waals surface area contributed by atoms with Crippen LogP contribution in [-0.4, -0.2) is 46.2 Å². The first-order chi connectivity index (χ1) is 18.0. The van der Waals surface area contributed by atoms with Gasteiger partial charge in [-0.3, -0.25) is 0 Å². The van der Waals surface area contributed by atoms with Crippen molar-refractivity contribution in [3.8, 4) is 5.75 Å². The molecule has 6 rings (SSSR count). The molecule has 3 aromatic carbocycles. The Labute approximate surface area is 220 Å². The molecule has 0 bridgehead atoms. The summed E-state index contributed by atoms with van der Waals surface area (Å²) >= 11 is 1.03. The quantitative estimate of drug-likeness (QED) is 0.290. The first-order valence-corrected chi connectivity index (χ1v) is 14.3. The van der Waals surface area contributed by atoms with Crippen molar-refractivity contribution in [3.63, 3.8) is 0 Å². The molecule has 1 aliphatic rings. The summed E-state index contributed by atoms with van der Waals surface area (Å²) in [4.78, 5) is 0.225. The van der Waals surface area contributed by atoms with E-state index >= 15 is 0 Å². The molecule has 2 aromatic heterocycles. The molecule has 0 radical (unpaired) electrons. The first-order valence-electron chi connectivity index (χ1n) is 12.1. The molecular weight excluding hydrogens is 504 g/mol. The van der Waals surface area contributed by atoms with Crippen molar-refractivity contribution in [2.24, 2.45) is 0 Å². The highest BCUT2D eigenvalue weighted by Gasteiger charge is 2.30. The van der Waals surface area contributed by atoms with Crippen LogP contribution in [0.25, 0.3) is 27.5 Å². The van der Waals surface area contributed by atoms with Crippen LogP contribution >= 0.6 is 11.7 Å². The lowest BCUT2D eigenvalue weighted by atomic mass is 9.97. The minimum Gasteiger partial charge on any atom is -0.497 e. The number of fused-ring (bicyclic) bond motifs is 2. The lowest BCUT2D eigenvalue weighted by Crippen LogP contribution is -2.34. The molecule has 0 fully saturated rings. The van der Waals surface area contributed by atoms with Crippen molar-refractivity contribution in [2.75, 3.05) is 20.2 Å². The van der Waals surface area contributed by atoms with Gasteiger partial charge in [0.25, 0.3) is 0 Å². The summed E-state index contributed by atoms with van der Waals surface area (Å²) in [7, 11) is -2.01. The lowest BCUT2D eigenvalue weighted by Gasteiger charge is -2.26. The van der Waals surface area contributed by atoms with Gasteiger partial charge in [-0.25, -0.2) is 8.42 Å². The van der Waals surface area contributed by atoms with Gasteiger partial charge in [0.05, 0.1) is 18.8 Å². The third-order valence-electron chi connectivity index (χ3n) is 7.09. The maximum atomic E-state index is 13.5. The van der Waals surface area contributed by atoms with E-state index in [0.717, 1.165) is 24.0 Å². The van der Waals surface area contributed by atoms with Crippen molar-refractivity contribution in [1.82, 2.24) is 17.6 Å². The number of sulfonamides is 1. The van der Waals surface area contributed by atoms with Crippen molar-refractivity contribution in [1.29, 1.82) is 0 Å². The van der Waals surface area contributed by atoms with Crippen molar-refractivity contribution < 1.29 is 13.2 Å². The van der Waals surface area contributed by atoms with Crippen LogP contribution in [0.2, 0.25) is 0 Å². The zero-order chi connectivity index (χ0) is 25.6. The Kier molecular flexibility index (Phi) is 6.06. The molecule has 1 aliphatic heterocycles. The topological polar surface area (TPSA) is 77.3 Å². The molecule has 0 spiro atoms. The van der Waals surface area contributed by atoms with Gasteiger partial charge >= 0.3 is 0 Å². The van der Waals surface area contributed by atoms with Gasteiger partial charge in [0.2, 0.25) is 10.0 Å². The second-order valence-corrected chi connectivity index (χ2v) is 11.6. The third-order valence-corrected chi connectivity index (χ3v) is 9.53. The molecule has 0 amide bonds. The van der Waals surface area contributed by atoms with Crippen LogP contribution in [-0.2, 0) is 16.6 Å². The number of nitrogens with zero attached hydrogens (tertiary/aromatic N) is 4. The standard InChI is InChI=1S/C28H26N4O3S2/c1-19-27(23-6-3-4-8-25(23)32(19)18-20-10-12-22(35-2)13-11-20)21-14-16-31(17-15-21)37(33,34)26-9-5-7-24-28(26)30-36-29-24/h3-14H,15-18H2,1-2H3. The maximum Gasteiger partial charge on any atom is 0.245 e. The zero-order valence-electron chi connectivity index (χ0n) is 20.6. The van der Waals surface area contributed by atoms with Gasteiger partial charge in [-0.2, -0.15) is 13.1 Å². The molecule has 5 aromatic rings. The fourth-order valence-electron chi connectivity index (χ4n) is 5.18. The highest BCUT2D eigenvalue weighted by Crippen LogP contribution is 2.36. The van der Waals surface area contributed by atoms with E-state index in [1.165, 1.54) is 37.6 Å². The van der Waals surface area contributed by atoms with Gasteiger partial charge in [0, 0.05) is 41.8 Å². The van der Waals surface area contributed by atoms with Crippen LogP contribution in [0.4, 0.5) is 0 Å². The molecule has 3 heterocycles. The Hall–Kier alpha value is -3.53. The second kappa shape index (κ2) is 9.41. The van der Waals surface area contributed by atoms with E-state index in [1.54, 1.807) is 25.3 Å². The predicted molar refractivity (Wildman–Crippen MR) is 148 cm³/mol. The van der Waals surface area contributed by atoms with E-state index in [-0.39, 0.29) is 4.90 Å². The van der Waals surface area contributed by atoms with Crippen molar-refractivity contribution in [2.45, 2.75) is 24.8 Å². The number of aromatic nitrogens is 3. The van der Waals surface area contributed by atoms with E-state index in [2.05, 4.69) is 62.7 Å². The van der Waals surface area contributed by atoms with Gasteiger partial charge < -0.3 is 9.30 Å². The summed E-state index contributed by atoms with van der Waals surface area (Å²) in [6.07, 6.45) is 2.70. The Morgan fingerprint density at radius 3 is 2.57 bits per heavy atom. The molecule has 0 saturated carbocycles. The number of ether oxygens (including phenoxy) is 1. The van der Waals surface area contributed by atoms with E-state index in [9.17, 15) is 8.42 Å². The minimum absolute atomic E-state index is 0.225. The average Bonchev–Trinajstić information content (AvgIpc) is 3.52. The highest BCUT2D eigenvalue weighted by molar-refractivity contribution is 7.89. The summed E-state index contributed by atoms with van der Waals surface area (Å²) < 4.78 is 44.6. The normalized spacial score (nSPS) is 14.8. The van der Waals surface area contributed by atoms with Crippen molar-refractivity contribution in [3.05, 3.63) is 89.6 Å². The van der Waals surface area contributed by atoms with Crippen LogP contribution in [0.5, 0.6) is 5.75 Å². The van der Waals surface area contributed by atoms with Crippen LogP contribution in [0.1, 0.15) is 23.2 Å². The molecule has 0 unspecified atom stereocenters. The van der Waals surface area contributed by atoms with E-state index in [1.807, 2.05) is 12.1 Å². The Balaban J connectivity index is 1.34. The summed E-state index contributed by atoms with van der Waals surface area (Å²) in [5, 5.41) is 1.19. The smallest absolute Gasteiger partial charge is 0.245 e. The zero-order valence-corrected chi connectivity index (χ0v) is 22.2. The summed E-state index contributed by atoms with van der Waals surface area (Å²) in [6.45, 7) is 3.64. The number of benzene rings is 3. The monoisotopic (exact) mass is 530 g/mol. The second-order valence-electron chi connectivity index (χ2n) is 9.14. The SMILES string of the molecule is COc1ccc(Cn2c(C)c(C3=CCN(S(=O)(=O)c4cccc5nsnc45)CC3)c3ccccc32)cc1. The first kappa shape index (κ1) is 23.8. The average molecular weight is 531 g/mol. The predicted octanol–water partition coefficient (Wildman–Crippen LogP) is 5.49.